The van der Waals surface area contributed by atoms with Crippen molar-refractivity contribution in [1.29, 1.82) is 0 Å². The summed E-state index contributed by atoms with van der Waals surface area (Å²) in [5, 5.41) is 9.22. The van der Waals surface area contributed by atoms with Crippen molar-refractivity contribution in [2.75, 3.05) is 13.7 Å². The van der Waals surface area contributed by atoms with Gasteiger partial charge in [0.05, 0.1) is 0 Å². The fourth-order valence-electron chi connectivity index (χ4n) is 2.71. The molecule has 0 bridgehead atoms. The van der Waals surface area contributed by atoms with E-state index in [0.29, 0.717) is 12.5 Å². The molecule has 1 heterocycles. The molecule has 2 heteroatoms. The molecule has 1 N–H and O–H groups in total. The van der Waals surface area contributed by atoms with Gasteiger partial charge in [0.15, 0.2) is 0 Å². The predicted octanol–water partition coefficient (Wildman–Crippen LogP) is 1.88. The van der Waals surface area contributed by atoms with E-state index >= 15 is 0 Å². The molecule has 0 amide bonds. The maximum absolute atomic E-state index is 9.22. The minimum absolute atomic E-state index is 0.217. The summed E-state index contributed by atoms with van der Waals surface area (Å²) in [6.45, 7) is 9.38. The SMILES string of the molecule is CN1C(C)(C)CC(CO)CC1(C)C. The monoisotopic (exact) mass is 185 g/mol. The number of nitrogens with zero attached hydrogens (tertiary/aromatic N) is 1. The number of hydrogen-bond donors (Lipinski definition) is 1. The van der Waals surface area contributed by atoms with E-state index in [1.54, 1.807) is 0 Å². The Morgan fingerprint density at radius 1 is 1.15 bits per heavy atom. The van der Waals surface area contributed by atoms with Gasteiger partial charge < -0.3 is 5.11 Å². The maximum atomic E-state index is 9.22. The van der Waals surface area contributed by atoms with E-state index in [-0.39, 0.29) is 11.1 Å². The van der Waals surface area contributed by atoms with Gasteiger partial charge in [-0.05, 0) is 53.5 Å². The van der Waals surface area contributed by atoms with Crippen LogP contribution >= 0.6 is 0 Å². The first kappa shape index (κ1) is 11.0. The van der Waals surface area contributed by atoms with Crippen LogP contribution in [0.1, 0.15) is 40.5 Å². The highest BCUT2D eigenvalue weighted by atomic mass is 16.3. The molecule has 78 valence electrons. The Morgan fingerprint density at radius 2 is 1.54 bits per heavy atom. The fourth-order valence-corrected chi connectivity index (χ4v) is 2.71. The molecule has 1 fully saturated rings. The van der Waals surface area contributed by atoms with Crippen molar-refractivity contribution in [3.05, 3.63) is 0 Å². The summed E-state index contributed by atoms with van der Waals surface area (Å²) >= 11 is 0. The quantitative estimate of drug-likeness (QED) is 0.674. The summed E-state index contributed by atoms with van der Waals surface area (Å²) < 4.78 is 0. The van der Waals surface area contributed by atoms with Crippen LogP contribution in [-0.2, 0) is 0 Å². The minimum atomic E-state index is 0.217. The third kappa shape index (κ3) is 2.05. The molecule has 0 atom stereocenters. The number of rotatable bonds is 1. The molecule has 1 aliphatic heterocycles. The van der Waals surface area contributed by atoms with Gasteiger partial charge in [-0.3, -0.25) is 4.90 Å². The van der Waals surface area contributed by atoms with E-state index in [0.717, 1.165) is 12.8 Å². The highest BCUT2D eigenvalue weighted by molar-refractivity contribution is 4.97. The molecule has 0 radical (unpaired) electrons. The Labute approximate surface area is 81.9 Å². The van der Waals surface area contributed by atoms with Crippen LogP contribution in [0.15, 0.2) is 0 Å². The molecule has 0 spiro atoms. The Bertz CT molecular complexity index is 169. The molecular weight excluding hydrogens is 162 g/mol. The van der Waals surface area contributed by atoms with Crippen molar-refractivity contribution in [3.8, 4) is 0 Å². The summed E-state index contributed by atoms with van der Waals surface area (Å²) in [5.41, 5.74) is 0.435. The summed E-state index contributed by atoms with van der Waals surface area (Å²) in [4.78, 5) is 2.44. The first-order chi connectivity index (χ1) is 5.79. The number of likely N-dealkylation sites (tertiary alicyclic amines) is 1. The third-order valence-electron chi connectivity index (χ3n) is 3.65. The first-order valence-electron chi connectivity index (χ1n) is 5.14. The van der Waals surface area contributed by atoms with Crippen LogP contribution in [0, 0.1) is 5.92 Å². The van der Waals surface area contributed by atoms with E-state index in [4.69, 9.17) is 0 Å². The highest BCUT2D eigenvalue weighted by Gasteiger charge is 2.42. The van der Waals surface area contributed by atoms with E-state index in [1.165, 1.54) is 0 Å². The molecular formula is C11H23NO. The average molecular weight is 185 g/mol. The topological polar surface area (TPSA) is 23.5 Å². The van der Waals surface area contributed by atoms with Gasteiger partial charge in [0, 0.05) is 17.7 Å². The minimum Gasteiger partial charge on any atom is -0.396 e. The van der Waals surface area contributed by atoms with Crippen molar-refractivity contribution in [2.24, 2.45) is 5.92 Å². The van der Waals surface area contributed by atoms with Crippen molar-refractivity contribution in [3.63, 3.8) is 0 Å². The van der Waals surface area contributed by atoms with E-state index in [9.17, 15) is 5.11 Å². The van der Waals surface area contributed by atoms with Crippen LogP contribution < -0.4 is 0 Å². The van der Waals surface area contributed by atoms with Gasteiger partial charge in [-0.2, -0.15) is 0 Å². The van der Waals surface area contributed by atoms with Crippen molar-refractivity contribution < 1.29 is 5.11 Å². The molecule has 1 rings (SSSR count). The molecule has 2 nitrogen and oxygen atoms in total. The highest BCUT2D eigenvalue weighted by Crippen LogP contribution is 2.39. The number of aliphatic hydroxyl groups excluding tert-OH is 1. The smallest absolute Gasteiger partial charge is 0.0460 e. The number of aliphatic hydroxyl groups is 1. The summed E-state index contributed by atoms with van der Waals surface area (Å²) in [6, 6.07) is 0. The van der Waals surface area contributed by atoms with Crippen LogP contribution in [0.4, 0.5) is 0 Å². The van der Waals surface area contributed by atoms with Crippen LogP contribution in [0.3, 0.4) is 0 Å². The van der Waals surface area contributed by atoms with Crippen LogP contribution in [0.2, 0.25) is 0 Å². The lowest BCUT2D eigenvalue weighted by Gasteiger charge is -2.53. The molecule has 1 saturated heterocycles. The van der Waals surface area contributed by atoms with Crippen LogP contribution in [0.25, 0.3) is 0 Å². The van der Waals surface area contributed by atoms with Gasteiger partial charge in [0.25, 0.3) is 0 Å². The van der Waals surface area contributed by atoms with Gasteiger partial charge in [-0.15, -0.1) is 0 Å². The molecule has 0 aromatic carbocycles. The summed E-state index contributed by atoms with van der Waals surface area (Å²) in [5.74, 6) is 0.473. The predicted molar refractivity (Wildman–Crippen MR) is 55.7 cm³/mol. The van der Waals surface area contributed by atoms with Crippen molar-refractivity contribution in [2.45, 2.75) is 51.6 Å². The Morgan fingerprint density at radius 3 is 1.85 bits per heavy atom. The molecule has 1 aliphatic rings. The third-order valence-corrected chi connectivity index (χ3v) is 3.65. The molecule has 0 saturated carbocycles. The van der Waals surface area contributed by atoms with Crippen molar-refractivity contribution >= 4 is 0 Å². The van der Waals surface area contributed by atoms with Crippen molar-refractivity contribution in [1.82, 2.24) is 4.90 Å². The van der Waals surface area contributed by atoms with Crippen LogP contribution in [-0.4, -0.2) is 34.7 Å². The van der Waals surface area contributed by atoms with E-state index in [2.05, 4.69) is 39.6 Å². The molecule has 0 aromatic heterocycles. The maximum Gasteiger partial charge on any atom is 0.0460 e. The van der Waals surface area contributed by atoms with E-state index < -0.39 is 0 Å². The fraction of sp³-hybridized carbons (Fsp3) is 1.00. The Balaban J connectivity index is 2.82. The first-order valence-corrected chi connectivity index (χ1v) is 5.14. The zero-order chi connectivity index (χ0) is 10.3. The normalized spacial score (nSPS) is 29.1. The lowest BCUT2D eigenvalue weighted by Crippen LogP contribution is -2.58. The van der Waals surface area contributed by atoms with Gasteiger partial charge in [-0.25, -0.2) is 0 Å². The van der Waals surface area contributed by atoms with Gasteiger partial charge in [0.1, 0.15) is 0 Å². The van der Waals surface area contributed by atoms with E-state index in [1.807, 2.05) is 0 Å². The largest absolute Gasteiger partial charge is 0.396 e. The lowest BCUT2D eigenvalue weighted by molar-refractivity contribution is -0.0420. The van der Waals surface area contributed by atoms with Gasteiger partial charge >= 0.3 is 0 Å². The zero-order valence-electron chi connectivity index (χ0n) is 9.59. The standard InChI is InChI=1S/C11H23NO/c1-10(2)6-9(8-13)7-11(3,4)12(10)5/h9,13H,6-8H2,1-5H3. The number of piperidine rings is 1. The average Bonchev–Trinajstić information content (AvgIpc) is 1.99. The summed E-state index contributed by atoms with van der Waals surface area (Å²) in [7, 11) is 2.19. The Kier molecular flexibility index (Phi) is 2.75. The molecule has 0 aromatic rings. The lowest BCUT2D eigenvalue weighted by atomic mass is 9.74. The molecule has 13 heavy (non-hydrogen) atoms. The second-order valence-electron chi connectivity index (χ2n) is 5.64. The second-order valence-corrected chi connectivity index (χ2v) is 5.64. The Hall–Kier alpha value is -0.0800. The zero-order valence-corrected chi connectivity index (χ0v) is 9.59. The van der Waals surface area contributed by atoms with Gasteiger partial charge in [0.2, 0.25) is 0 Å². The number of hydrogen-bond acceptors (Lipinski definition) is 2. The second kappa shape index (κ2) is 3.25. The molecule has 0 unspecified atom stereocenters. The van der Waals surface area contributed by atoms with Gasteiger partial charge in [-0.1, -0.05) is 0 Å². The molecule has 0 aliphatic carbocycles. The summed E-state index contributed by atoms with van der Waals surface area (Å²) in [6.07, 6.45) is 2.20. The van der Waals surface area contributed by atoms with Crippen LogP contribution in [0.5, 0.6) is 0 Å².